The van der Waals surface area contributed by atoms with Crippen LogP contribution in [-0.4, -0.2) is 17.4 Å². The second-order valence-corrected chi connectivity index (χ2v) is 11.8. The van der Waals surface area contributed by atoms with Crippen LogP contribution in [0, 0.1) is 46.3 Å². The summed E-state index contributed by atoms with van der Waals surface area (Å²) in [6, 6.07) is 0. The fourth-order valence-corrected chi connectivity index (χ4v) is 8.47. The molecule has 0 aromatic rings. The van der Waals surface area contributed by atoms with Crippen molar-refractivity contribution in [2.45, 2.75) is 111 Å². The molecule has 1 nitrogen and oxygen atoms in total. The molecule has 0 heterocycles. The lowest BCUT2D eigenvalue weighted by Gasteiger charge is -2.58. The van der Waals surface area contributed by atoms with Crippen LogP contribution in [0.25, 0.3) is 0 Å². The Morgan fingerprint density at radius 3 is 2.79 bits per heavy atom. The second kappa shape index (κ2) is 7.95. The van der Waals surface area contributed by atoms with Crippen molar-refractivity contribution >= 4 is 0 Å². The van der Waals surface area contributed by atoms with Gasteiger partial charge in [0.1, 0.15) is 6.17 Å². The fraction of sp³-hybridized carbons (Fsp3) is 0.926. The molecule has 0 aromatic carbocycles. The molecule has 0 saturated heterocycles. The van der Waals surface area contributed by atoms with Crippen LogP contribution in [-0.2, 0) is 0 Å². The number of halogens is 1. The largest absolute Gasteiger partial charge is 0.393 e. The van der Waals surface area contributed by atoms with E-state index < -0.39 is 12.3 Å². The molecule has 4 aliphatic rings. The summed E-state index contributed by atoms with van der Waals surface area (Å²) < 4.78 is 31.3. The van der Waals surface area contributed by atoms with Crippen LogP contribution in [0.4, 0.5) is 4.39 Å². The molecule has 0 spiro atoms. The number of allylic oxidation sites excluding steroid dienone is 1. The van der Waals surface area contributed by atoms with E-state index in [0.717, 1.165) is 44.9 Å². The lowest BCUT2D eigenvalue weighted by molar-refractivity contribution is -0.0595. The summed E-state index contributed by atoms with van der Waals surface area (Å²) >= 11 is 0. The number of hydrogen-bond acceptors (Lipinski definition) is 1. The first-order valence-electron chi connectivity index (χ1n) is 13.6. The quantitative estimate of drug-likeness (QED) is 0.474. The monoisotopic (exact) mass is 406 g/mol. The predicted molar refractivity (Wildman–Crippen MR) is 119 cm³/mol. The van der Waals surface area contributed by atoms with Crippen LogP contribution in [0.5, 0.6) is 0 Å². The van der Waals surface area contributed by atoms with Crippen molar-refractivity contribution in [3.63, 3.8) is 0 Å². The van der Waals surface area contributed by atoms with E-state index in [4.69, 9.17) is 2.74 Å². The van der Waals surface area contributed by atoms with E-state index >= 15 is 4.39 Å². The molecule has 1 N–H and O–H groups in total. The lowest BCUT2D eigenvalue weighted by Crippen LogP contribution is -2.51. The van der Waals surface area contributed by atoms with E-state index in [0.29, 0.717) is 49.3 Å². The van der Waals surface area contributed by atoms with Crippen molar-refractivity contribution in [1.29, 1.82) is 0 Å². The van der Waals surface area contributed by atoms with Crippen LogP contribution in [0.1, 0.15) is 102 Å². The Morgan fingerprint density at radius 2 is 2.03 bits per heavy atom. The van der Waals surface area contributed by atoms with Gasteiger partial charge in [0.05, 0.1) is 7.45 Å². The normalized spacial score (nSPS) is 52.3. The molecule has 0 aliphatic heterocycles. The lowest BCUT2D eigenvalue weighted by atomic mass is 9.47. The third-order valence-corrected chi connectivity index (χ3v) is 9.99. The Labute approximate surface area is 181 Å². The van der Waals surface area contributed by atoms with Crippen LogP contribution in [0.15, 0.2) is 11.6 Å². The number of rotatable bonds is 5. The van der Waals surface area contributed by atoms with Gasteiger partial charge >= 0.3 is 0 Å². The summed E-state index contributed by atoms with van der Waals surface area (Å²) in [6.07, 6.45) is 9.69. The maximum Gasteiger partial charge on any atom is 0.104 e. The minimum absolute atomic E-state index is 0.0967. The number of fused-ring (bicyclic) bond motifs is 5. The van der Waals surface area contributed by atoms with Gasteiger partial charge in [-0.15, -0.1) is 0 Å². The third-order valence-electron chi connectivity index (χ3n) is 9.99. The first-order chi connectivity index (χ1) is 14.5. The average Bonchev–Trinajstić information content (AvgIpc) is 2.98. The van der Waals surface area contributed by atoms with Gasteiger partial charge in [-0.3, -0.25) is 0 Å². The molecule has 8 unspecified atom stereocenters. The van der Waals surface area contributed by atoms with Gasteiger partial charge in [-0.2, -0.15) is 0 Å². The van der Waals surface area contributed by atoms with E-state index in [9.17, 15) is 5.11 Å². The molecule has 10 atom stereocenters. The van der Waals surface area contributed by atoms with Crippen molar-refractivity contribution in [2.24, 2.45) is 46.3 Å². The second-order valence-electron chi connectivity index (χ2n) is 11.8. The SMILES string of the molecule is [2H]C[C@H](C)CCC[C@@H](C)C1C(F)CC2C3CC=C4CC([2H])(O)CCC4(C)C3CCC21C. The highest BCUT2D eigenvalue weighted by Crippen LogP contribution is 2.67. The Morgan fingerprint density at radius 1 is 1.24 bits per heavy atom. The molecule has 0 amide bonds. The van der Waals surface area contributed by atoms with Crippen LogP contribution < -0.4 is 0 Å². The smallest absolute Gasteiger partial charge is 0.104 e. The summed E-state index contributed by atoms with van der Waals surface area (Å²) in [4.78, 5) is 0. The summed E-state index contributed by atoms with van der Waals surface area (Å²) in [5, 5.41) is 10.3. The zero-order chi connectivity index (χ0) is 22.6. The molecule has 3 saturated carbocycles. The zero-order valence-electron chi connectivity index (χ0n) is 21.2. The molecule has 0 radical (unpaired) electrons. The van der Waals surface area contributed by atoms with E-state index in [2.05, 4.69) is 33.8 Å². The molecule has 4 aliphatic carbocycles. The van der Waals surface area contributed by atoms with E-state index in [1.165, 1.54) is 12.0 Å². The number of alkyl halides is 1. The van der Waals surface area contributed by atoms with Crippen LogP contribution in [0.3, 0.4) is 0 Å². The minimum atomic E-state index is -1.29. The highest BCUT2D eigenvalue weighted by atomic mass is 19.1. The maximum atomic E-state index is 15.6. The number of hydrogen-bond donors (Lipinski definition) is 1. The maximum absolute atomic E-state index is 15.6. The van der Waals surface area contributed by atoms with Gasteiger partial charge in [-0.25, -0.2) is 4.39 Å². The van der Waals surface area contributed by atoms with Gasteiger partial charge in [0.2, 0.25) is 0 Å². The molecular formula is C27H45FO. The highest BCUT2D eigenvalue weighted by molar-refractivity contribution is 5.25. The van der Waals surface area contributed by atoms with Gasteiger partial charge in [0.25, 0.3) is 0 Å². The van der Waals surface area contributed by atoms with E-state index in [1.807, 2.05) is 0 Å². The summed E-state index contributed by atoms with van der Waals surface area (Å²) in [5.74, 6) is 2.65. The van der Waals surface area contributed by atoms with Crippen molar-refractivity contribution < 1.29 is 12.2 Å². The van der Waals surface area contributed by atoms with Crippen LogP contribution in [0.2, 0.25) is 0 Å². The van der Waals surface area contributed by atoms with Gasteiger partial charge in [0.15, 0.2) is 0 Å². The Bertz CT molecular complexity index is 693. The predicted octanol–water partition coefficient (Wildman–Crippen LogP) is 7.34. The topological polar surface area (TPSA) is 20.2 Å². The van der Waals surface area contributed by atoms with Crippen molar-refractivity contribution in [3.8, 4) is 0 Å². The first kappa shape index (κ1) is 19.3. The van der Waals surface area contributed by atoms with Crippen LogP contribution >= 0.6 is 0 Å². The summed E-state index contributed by atoms with van der Waals surface area (Å²) in [5.41, 5.74) is 1.51. The van der Waals surface area contributed by atoms with Gasteiger partial charge in [-0.1, -0.05) is 65.5 Å². The first-order valence-corrected chi connectivity index (χ1v) is 12.4. The van der Waals surface area contributed by atoms with E-state index in [-0.39, 0.29) is 16.7 Å². The summed E-state index contributed by atoms with van der Waals surface area (Å²) in [7, 11) is 0. The molecule has 0 bridgehead atoms. The number of aliphatic hydroxyl groups is 1. The van der Waals surface area contributed by atoms with Gasteiger partial charge < -0.3 is 5.11 Å². The highest BCUT2D eigenvalue weighted by Gasteiger charge is 2.62. The average molecular weight is 407 g/mol. The van der Waals surface area contributed by atoms with Crippen molar-refractivity contribution in [2.75, 3.05) is 0 Å². The minimum Gasteiger partial charge on any atom is -0.393 e. The molecular weight excluding hydrogens is 359 g/mol. The standard InChI is InChI=1S/C27H45FO/c1-17(2)7-6-8-18(3)25-24(28)16-23-21-10-9-19-15-20(29)11-13-26(19,4)22(21)12-14-27(23,25)5/h9,17-18,20-25,29H,6-8,10-16H2,1-5H3/t18-,20?,21?,22?,23?,24?,25?,26?,27?/m1/s1/i1D,20D/t17-,18-,20?,21?,22?,23?,24?,25?,26?,27?. The Hall–Kier alpha value is -0.370. The Kier molecular flexibility index (Phi) is 5.30. The van der Waals surface area contributed by atoms with Gasteiger partial charge in [0, 0.05) is 1.37 Å². The van der Waals surface area contributed by atoms with E-state index in [1.54, 1.807) is 0 Å². The summed E-state index contributed by atoms with van der Waals surface area (Å²) in [6.45, 7) is 9.73. The molecule has 166 valence electrons. The van der Waals surface area contributed by atoms with Crippen molar-refractivity contribution in [3.05, 3.63) is 11.6 Å². The fourth-order valence-electron chi connectivity index (χ4n) is 8.47. The molecule has 4 rings (SSSR count). The third kappa shape index (κ3) is 3.64. The Balaban J connectivity index is 1.51. The molecule has 0 aromatic heterocycles. The zero-order valence-corrected chi connectivity index (χ0v) is 19.2. The van der Waals surface area contributed by atoms with Crippen molar-refractivity contribution in [1.82, 2.24) is 0 Å². The van der Waals surface area contributed by atoms with Gasteiger partial charge in [-0.05, 0) is 91.3 Å². The molecule has 3 fully saturated rings. The molecule has 29 heavy (non-hydrogen) atoms. The molecule has 2 heteroatoms.